The second-order valence-corrected chi connectivity index (χ2v) is 10.4. The van der Waals surface area contributed by atoms with Crippen molar-refractivity contribution in [3.8, 4) is 5.75 Å². The molecular weight excluding hydrogens is 459 g/mol. The predicted molar refractivity (Wildman–Crippen MR) is 126 cm³/mol. The van der Waals surface area contributed by atoms with Crippen LogP contribution < -0.4 is 15.3 Å². The van der Waals surface area contributed by atoms with Gasteiger partial charge in [0.2, 0.25) is 0 Å². The van der Waals surface area contributed by atoms with Gasteiger partial charge in [-0.3, -0.25) is 9.36 Å². The van der Waals surface area contributed by atoms with E-state index in [1.54, 1.807) is 42.1 Å². The normalized spacial score (nSPS) is 17.5. The molecule has 11 nitrogen and oxygen atoms in total. The highest BCUT2D eigenvalue weighted by atomic mass is 31.2. The molecule has 3 aromatic rings. The maximum atomic E-state index is 13.7. The molecule has 2 aromatic heterocycles. The van der Waals surface area contributed by atoms with Crippen LogP contribution in [0.5, 0.6) is 5.75 Å². The molecule has 0 saturated heterocycles. The van der Waals surface area contributed by atoms with Crippen molar-refractivity contribution in [2.75, 3.05) is 12.1 Å². The summed E-state index contributed by atoms with van der Waals surface area (Å²) in [5.41, 5.74) is 6.93. The lowest BCUT2D eigenvalue weighted by molar-refractivity contribution is -0.154. The Morgan fingerprint density at radius 2 is 2.00 bits per heavy atom. The lowest BCUT2D eigenvalue weighted by atomic mass is 9.96. The van der Waals surface area contributed by atoms with E-state index in [0.29, 0.717) is 29.3 Å². The van der Waals surface area contributed by atoms with Crippen LogP contribution in [0.3, 0.4) is 0 Å². The summed E-state index contributed by atoms with van der Waals surface area (Å²) in [7, 11) is -3.63. The summed E-state index contributed by atoms with van der Waals surface area (Å²) < 4.78 is 32.6. The maximum absolute atomic E-state index is 13.7. The lowest BCUT2D eigenvalue weighted by Crippen LogP contribution is -2.39. The van der Waals surface area contributed by atoms with Crippen molar-refractivity contribution in [2.24, 2.45) is 0 Å². The Balaban J connectivity index is 1.42. The van der Waals surface area contributed by atoms with Crippen LogP contribution in [0.1, 0.15) is 33.1 Å². The minimum absolute atomic E-state index is 0.0645. The Hall–Kier alpha value is -3.01. The summed E-state index contributed by atoms with van der Waals surface area (Å²) in [4.78, 5) is 24.8. The van der Waals surface area contributed by atoms with Gasteiger partial charge in [0.15, 0.2) is 11.5 Å². The molecular formula is C22H29N6O5P. The number of imidazole rings is 1. The number of nitrogens with one attached hydrogen (secondary N) is 1. The van der Waals surface area contributed by atoms with Crippen molar-refractivity contribution in [3.05, 3.63) is 43.0 Å². The first-order chi connectivity index (χ1) is 16.3. The molecule has 0 radical (unpaired) electrons. The van der Waals surface area contributed by atoms with Gasteiger partial charge in [-0.05, 0) is 45.2 Å². The van der Waals surface area contributed by atoms with Gasteiger partial charge in [-0.15, -0.1) is 0 Å². The van der Waals surface area contributed by atoms with E-state index in [9.17, 15) is 9.36 Å². The number of fused-ring (bicyclic) bond motifs is 1. The van der Waals surface area contributed by atoms with Gasteiger partial charge in [0.05, 0.1) is 19.0 Å². The number of nitrogen functional groups attached to an aromatic ring is 1. The molecule has 0 bridgehead atoms. The molecule has 12 heteroatoms. The first kappa shape index (κ1) is 24.1. The third-order valence-corrected chi connectivity index (χ3v) is 7.26. The van der Waals surface area contributed by atoms with Crippen LogP contribution in [-0.4, -0.2) is 50.1 Å². The van der Waals surface area contributed by atoms with E-state index in [1.807, 2.05) is 13.0 Å². The number of carbonyl (C=O) groups is 1. The number of hydrogen-bond donors (Lipinski definition) is 2. The van der Waals surface area contributed by atoms with Gasteiger partial charge in [-0.2, -0.15) is 0 Å². The highest BCUT2D eigenvalue weighted by molar-refractivity contribution is 7.57. The van der Waals surface area contributed by atoms with Gasteiger partial charge in [0.25, 0.3) is 0 Å². The molecule has 182 valence electrons. The number of anilines is 1. The number of ether oxygens (including phenoxy) is 2. The number of esters is 1. The van der Waals surface area contributed by atoms with Crippen molar-refractivity contribution in [1.82, 2.24) is 24.6 Å². The highest BCUT2D eigenvalue weighted by Gasteiger charge is 2.33. The summed E-state index contributed by atoms with van der Waals surface area (Å²) in [6, 6.07) is 7.93. The van der Waals surface area contributed by atoms with E-state index in [2.05, 4.69) is 20.0 Å². The topological polar surface area (TPSA) is 143 Å². The number of para-hydroxylation sites is 1. The minimum Gasteiger partial charge on any atom is -0.461 e. The average molecular weight is 488 g/mol. The van der Waals surface area contributed by atoms with Gasteiger partial charge >= 0.3 is 13.5 Å². The van der Waals surface area contributed by atoms with Gasteiger partial charge in [0, 0.05) is 0 Å². The van der Waals surface area contributed by atoms with E-state index in [-0.39, 0.29) is 18.6 Å². The molecule has 4 rings (SSSR count). The lowest BCUT2D eigenvalue weighted by Gasteiger charge is -2.28. The van der Waals surface area contributed by atoms with Crippen molar-refractivity contribution in [3.63, 3.8) is 0 Å². The van der Waals surface area contributed by atoms with Crippen molar-refractivity contribution >= 4 is 30.5 Å². The van der Waals surface area contributed by atoms with Crippen LogP contribution in [0.2, 0.25) is 0 Å². The third kappa shape index (κ3) is 5.91. The first-order valence-electron chi connectivity index (χ1n) is 11.2. The summed E-state index contributed by atoms with van der Waals surface area (Å²) in [5.74, 6) is 0.240. The number of hydrogen-bond acceptors (Lipinski definition) is 9. The fraction of sp³-hybridized carbons (Fsp3) is 0.455. The fourth-order valence-electron chi connectivity index (χ4n) is 3.43. The summed E-state index contributed by atoms with van der Waals surface area (Å²) >= 11 is 0. The minimum atomic E-state index is -3.63. The Kier molecular flexibility index (Phi) is 7.45. The van der Waals surface area contributed by atoms with Crippen LogP contribution in [-0.2, 0) is 25.4 Å². The van der Waals surface area contributed by atoms with E-state index in [0.717, 1.165) is 19.3 Å². The number of rotatable bonds is 11. The molecule has 34 heavy (non-hydrogen) atoms. The van der Waals surface area contributed by atoms with E-state index < -0.39 is 19.5 Å². The van der Waals surface area contributed by atoms with Crippen molar-refractivity contribution < 1.29 is 23.4 Å². The Morgan fingerprint density at radius 1 is 1.24 bits per heavy atom. The number of benzene rings is 1. The summed E-state index contributed by atoms with van der Waals surface area (Å²) in [6.07, 6.45) is 5.04. The Morgan fingerprint density at radius 3 is 2.71 bits per heavy atom. The third-order valence-electron chi connectivity index (χ3n) is 5.49. The summed E-state index contributed by atoms with van der Waals surface area (Å²) in [5, 5.41) is 2.82. The number of carbonyl (C=O) groups excluding carboxylic acids is 1. The molecule has 1 aromatic carbocycles. The van der Waals surface area contributed by atoms with E-state index >= 15 is 0 Å². The molecule has 2 heterocycles. The summed E-state index contributed by atoms with van der Waals surface area (Å²) in [6.45, 7) is 3.82. The number of nitrogens with zero attached hydrogens (tertiary/aromatic N) is 4. The van der Waals surface area contributed by atoms with Gasteiger partial charge < -0.3 is 24.3 Å². The van der Waals surface area contributed by atoms with Crippen LogP contribution in [0.4, 0.5) is 5.82 Å². The molecule has 3 N–H and O–H groups in total. The average Bonchev–Trinajstić information content (AvgIpc) is 3.19. The molecule has 0 amide bonds. The second-order valence-electron chi connectivity index (χ2n) is 8.35. The van der Waals surface area contributed by atoms with E-state index in [4.69, 9.17) is 19.7 Å². The van der Waals surface area contributed by atoms with Crippen molar-refractivity contribution in [2.45, 2.75) is 57.9 Å². The van der Waals surface area contributed by atoms with Gasteiger partial charge in [0.1, 0.15) is 36.1 Å². The number of aromatic nitrogens is 4. The smallest absolute Gasteiger partial charge is 0.342 e. The monoisotopic (exact) mass is 488 g/mol. The zero-order chi connectivity index (χ0) is 24.1. The number of nitrogens with two attached hydrogens (primary N) is 1. The Labute approximate surface area is 197 Å². The molecule has 1 fully saturated rings. The van der Waals surface area contributed by atoms with Gasteiger partial charge in [-0.25, -0.2) is 20.0 Å². The molecule has 0 aliphatic heterocycles. The molecule has 1 aliphatic rings. The fourth-order valence-corrected chi connectivity index (χ4v) is 5.22. The maximum Gasteiger partial charge on any atom is 0.342 e. The van der Waals surface area contributed by atoms with Crippen molar-refractivity contribution in [1.29, 1.82) is 0 Å². The zero-order valence-electron chi connectivity index (χ0n) is 19.2. The molecule has 0 unspecified atom stereocenters. The quantitative estimate of drug-likeness (QED) is 0.305. The largest absolute Gasteiger partial charge is 0.461 e. The van der Waals surface area contributed by atoms with Crippen LogP contribution >= 0.6 is 7.52 Å². The standard InChI is InChI=1S/C22H29N6O5P/c1-15(11-28-13-26-19-20(23)24-12-25-21(19)28)31-14-34(30,33-18-7-4-3-5-8-18)27-16(2)22(29)32-17-9-6-10-17/h3-5,7-8,12-13,15-17H,6,9-11,14H2,1-2H3,(H,27,30)(H2,23,24,25)/t15-,16+,34+/m1/s1. The van der Waals surface area contributed by atoms with Gasteiger partial charge in [-0.1, -0.05) is 18.2 Å². The molecule has 1 saturated carbocycles. The van der Waals surface area contributed by atoms with Crippen LogP contribution in [0.15, 0.2) is 43.0 Å². The first-order valence-corrected chi connectivity index (χ1v) is 13.0. The zero-order valence-corrected chi connectivity index (χ0v) is 20.1. The molecule has 3 atom stereocenters. The van der Waals surface area contributed by atoms with E-state index in [1.165, 1.54) is 6.33 Å². The Bertz CT molecular complexity index is 1170. The molecule has 0 spiro atoms. The second kappa shape index (κ2) is 10.5. The molecule has 1 aliphatic carbocycles. The SMILES string of the molecule is C[C@H](Cn1cnc2c(N)ncnc21)OC[P@@](=O)(N[C@@H](C)C(=O)OC1CCC1)Oc1ccccc1. The predicted octanol–water partition coefficient (Wildman–Crippen LogP) is 3.12. The van der Waals surface area contributed by atoms with Crippen LogP contribution in [0.25, 0.3) is 11.2 Å². The highest BCUT2D eigenvalue weighted by Crippen LogP contribution is 2.44. The van der Waals surface area contributed by atoms with Crippen LogP contribution in [0, 0.1) is 0 Å².